The van der Waals surface area contributed by atoms with E-state index < -0.39 is 109 Å². The predicted molar refractivity (Wildman–Crippen MR) is 199 cm³/mol. The van der Waals surface area contributed by atoms with Crippen LogP contribution in [0.25, 0.3) is 0 Å². The lowest BCUT2D eigenvalue weighted by Gasteiger charge is -2.20. The molecule has 2 aromatic heterocycles. The lowest BCUT2D eigenvalue weighted by molar-refractivity contribution is -0.147. The molecule has 3 aromatic rings. The van der Waals surface area contributed by atoms with Crippen molar-refractivity contribution >= 4 is 36.8 Å². The number of nitrogens with zero attached hydrogens (tertiary/aromatic N) is 2. The van der Waals surface area contributed by atoms with E-state index in [0.717, 1.165) is 27.5 Å². The normalized spacial score (nSPS) is 23.4. The molecule has 0 spiro atoms. The average Bonchev–Trinajstić information content (AvgIpc) is 3.64. The number of rotatable bonds is 14. The highest BCUT2D eigenvalue weighted by Gasteiger charge is 2.43. The maximum atomic E-state index is 12.4. The molecule has 0 amide bonds. The minimum absolute atomic E-state index is 0. The lowest BCUT2D eigenvalue weighted by Crippen LogP contribution is -2.36. The molecule has 2 aliphatic heterocycles. The van der Waals surface area contributed by atoms with Crippen LogP contribution in [0.5, 0.6) is 0 Å². The molecular formula is C28H44N4O23P4. The van der Waals surface area contributed by atoms with Crippen molar-refractivity contribution in [2.75, 3.05) is 12.7 Å². The minimum atomic E-state index is -5.61. The molecule has 4 heterocycles. The van der Waals surface area contributed by atoms with Crippen molar-refractivity contribution in [3.63, 3.8) is 0 Å². The van der Waals surface area contributed by atoms with E-state index in [-0.39, 0.29) is 40.7 Å². The summed E-state index contributed by atoms with van der Waals surface area (Å²) in [4.78, 5) is 116. The van der Waals surface area contributed by atoms with Gasteiger partial charge in [0.15, 0.2) is 43.8 Å². The number of phosphoric acid groups is 2. The molecule has 0 radical (unpaired) electrons. The largest absolute Gasteiger partial charge is 0.488 e. The number of hydrogen-bond donors (Lipinski definition) is 9. The molecule has 0 aliphatic carbocycles. The molecule has 5 rings (SSSR count). The topological polar surface area (TPSA) is 401 Å². The number of carbonyl (C=O) groups excluding carboxylic acids is 1. The smallest absolute Gasteiger partial charge is 0.454 e. The Balaban J connectivity index is 0.000000561. The molecule has 27 nitrogen and oxygen atoms in total. The fourth-order valence-corrected chi connectivity index (χ4v) is 8.42. The number of hydrogen-bond acceptors (Lipinski definition) is 17. The molecule has 4 unspecified atom stereocenters. The van der Waals surface area contributed by atoms with Crippen LogP contribution < -0.4 is 22.5 Å². The van der Waals surface area contributed by atoms with Gasteiger partial charge in [0.2, 0.25) is 0 Å². The van der Waals surface area contributed by atoms with Crippen LogP contribution in [0.3, 0.4) is 0 Å². The van der Waals surface area contributed by atoms with E-state index in [1.807, 2.05) is 4.98 Å². The van der Waals surface area contributed by atoms with Crippen molar-refractivity contribution in [2.45, 2.75) is 72.4 Å². The number of aliphatic hydroxyl groups excluding tert-OH is 1. The minimum Gasteiger partial charge on any atom is -0.454 e. The number of nitrogens with one attached hydrogen (secondary N) is 2. The zero-order valence-corrected chi connectivity index (χ0v) is 31.4. The summed E-state index contributed by atoms with van der Waals surface area (Å²) in [6, 6.07) is 10.2. The molecule has 8 atom stereocenters. The Labute approximate surface area is 332 Å². The molecule has 334 valence electrons. The highest BCUT2D eigenvalue weighted by Crippen LogP contribution is 2.66. The molecule has 9 N–H and O–H groups in total. The standard InChI is InChI=1S/C16H17N2O9P.C9H15N2O14P3.3CH4/c19-12-6-7-18(16(21)17-12)14-11(8-13(27-14)25-9-28(22,23)24)26-15(20)10-4-2-1-3-5-10;12-5-3-7(23-8(5)11-2-1-6(13)10-9(11)14)22-4-26(15,16)24-28(20,21)25-27(17,18)19;;;/h1-7,11,13-14H,8-9H2,(H,17,19,21)(H2,22,23,24);1-2,5,7-8,12H,3-4H2,(H,15,16)(H,20,21)(H,10,13,14)(H2,17,18,19);3*1H4/t11?,13-,14+;5?,7-,8+;;;/m00.../s1. The third kappa shape index (κ3) is 16.8. The van der Waals surface area contributed by atoms with Crippen molar-refractivity contribution in [1.29, 1.82) is 0 Å². The summed E-state index contributed by atoms with van der Waals surface area (Å²) >= 11 is 0. The number of esters is 1. The van der Waals surface area contributed by atoms with Gasteiger partial charge in [0.25, 0.3) is 11.1 Å². The Hall–Kier alpha value is -3.55. The number of H-pyrrole nitrogens is 2. The molecule has 2 aliphatic rings. The van der Waals surface area contributed by atoms with Crippen LogP contribution in [0.1, 0.15) is 57.9 Å². The summed E-state index contributed by atoms with van der Waals surface area (Å²) in [7, 11) is -20.6. The van der Waals surface area contributed by atoms with Gasteiger partial charge in [-0.1, -0.05) is 40.5 Å². The summed E-state index contributed by atoms with van der Waals surface area (Å²) < 4.78 is 79.5. The Morgan fingerprint density at radius 2 is 1.20 bits per heavy atom. The number of aliphatic hydroxyl groups is 1. The van der Waals surface area contributed by atoms with Gasteiger partial charge < -0.3 is 58.2 Å². The summed E-state index contributed by atoms with van der Waals surface area (Å²) in [6.45, 7) is 0. The fraction of sp³-hybridized carbons (Fsp3) is 0.464. The van der Waals surface area contributed by atoms with Crippen molar-refractivity contribution in [3.05, 3.63) is 102 Å². The van der Waals surface area contributed by atoms with Crippen molar-refractivity contribution in [2.24, 2.45) is 0 Å². The third-order valence-corrected chi connectivity index (χ3v) is 11.4. The zero-order chi connectivity index (χ0) is 41.6. The summed E-state index contributed by atoms with van der Waals surface area (Å²) in [5, 5.41) is 9.94. The van der Waals surface area contributed by atoms with Crippen LogP contribution >= 0.6 is 30.8 Å². The number of ether oxygens (including phenoxy) is 5. The third-order valence-electron chi connectivity index (χ3n) is 6.90. The van der Waals surface area contributed by atoms with Gasteiger partial charge in [0.1, 0.15) is 6.10 Å². The summed E-state index contributed by atoms with van der Waals surface area (Å²) in [5.41, 5.74) is -2.73. The molecule has 1 aromatic carbocycles. The lowest BCUT2D eigenvalue weighted by atomic mass is 10.2. The van der Waals surface area contributed by atoms with Gasteiger partial charge in [0, 0.05) is 37.4 Å². The zero-order valence-electron chi connectivity index (χ0n) is 27.8. The van der Waals surface area contributed by atoms with Crippen LogP contribution in [0.2, 0.25) is 0 Å². The molecule has 0 bridgehead atoms. The molecule has 31 heteroatoms. The average molecular weight is 929 g/mol. The van der Waals surface area contributed by atoms with Gasteiger partial charge in [-0.05, 0) is 12.1 Å². The summed E-state index contributed by atoms with van der Waals surface area (Å²) in [6.07, 6.45) is -7.65. The number of aromatic nitrogens is 4. The SMILES string of the molecule is C.C.C.O=C(OC1C[C@@H](OCP(=O)(O)O)O[C@H]1n1ccc(=O)[nH]c1=O)c1ccccc1.O=c1ccn([C@@H]2O[C@H](OCP(=O)(O)OP(=O)(O)OP(=O)(O)O)CC2O)c(=O)[nH]1. The van der Waals surface area contributed by atoms with Crippen LogP contribution in [-0.4, -0.2) is 97.0 Å². The van der Waals surface area contributed by atoms with Crippen molar-refractivity contribution in [1.82, 2.24) is 19.1 Å². The summed E-state index contributed by atoms with van der Waals surface area (Å²) in [5.74, 6) is -0.674. The van der Waals surface area contributed by atoms with Crippen LogP contribution in [-0.2, 0) is 50.6 Å². The Morgan fingerprint density at radius 1 is 0.712 bits per heavy atom. The Morgan fingerprint density at radius 3 is 1.71 bits per heavy atom. The number of carbonyl (C=O) groups is 1. The van der Waals surface area contributed by atoms with Gasteiger partial charge in [-0.3, -0.25) is 37.8 Å². The predicted octanol–water partition coefficient (Wildman–Crippen LogP) is 0.596. The van der Waals surface area contributed by atoms with Gasteiger partial charge >= 0.3 is 48.2 Å². The van der Waals surface area contributed by atoms with Gasteiger partial charge in [-0.15, -0.1) is 0 Å². The first-order chi connectivity index (χ1) is 25.9. The van der Waals surface area contributed by atoms with E-state index in [9.17, 15) is 52.2 Å². The first kappa shape index (κ1) is 53.5. The van der Waals surface area contributed by atoms with Crippen LogP contribution in [0.15, 0.2) is 74.0 Å². The van der Waals surface area contributed by atoms with Crippen molar-refractivity contribution in [3.8, 4) is 0 Å². The van der Waals surface area contributed by atoms with E-state index >= 15 is 0 Å². The molecule has 59 heavy (non-hydrogen) atoms. The fourth-order valence-electron chi connectivity index (χ4n) is 4.76. The van der Waals surface area contributed by atoms with Crippen LogP contribution in [0, 0.1) is 0 Å². The first-order valence-corrected chi connectivity index (χ1v) is 21.8. The molecule has 0 saturated carbocycles. The van der Waals surface area contributed by atoms with Gasteiger partial charge in [-0.25, -0.2) is 27.8 Å². The van der Waals surface area contributed by atoms with Gasteiger partial charge in [-0.2, -0.15) is 4.31 Å². The Kier molecular flexibility index (Phi) is 19.8. The number of aromatic amines is 2. The molecule has 2 saturated heterocycles. The number of benzene rings is 1. The second-order valence-corrected chi connectivity index (χ2v) is 17.7. The van der Waals surface area contributed by atoms with E-state index in [2.05, 4.69) is 13.6 Å². The second kappa shape index (κ2) is 21.8. The first-order valence-electron chi connectivity index (χ1n) is 15.2. The maximum Gasteiger partial charge on any atom is 0.488 e. The van der Waals surface area contributed by atoms with E-state index in [1.165, 1.54) is 6.20 Å². The van der Waals surface area contributed by atoms with Crippen LogP contribution in [0.4, 0.5) is 0 Å². The van der Waals surface area contributed by atoms with E-state index in [1.54, 1.807) is 30.3 Å². The highest BCUT2D eigenvalue weighted by molar-refractivity contribution is 7.68. The molecular weight excluding hydrogens is 884 g/mol. The molecule has 2 fully saturated rings. The van der Waals surface area contributed by atoms with E-state index in [0.29, 0.717) is 0 Å². The monoisotopic (exact) mass is 928 g/mol. The van der Waals surface area contributed by atoms with E-state index in [4.69, 9.17) is 48.2 Å². The van der Waals surface area contributed by atoms with Crippen molar-refractivity contribution < 1.29 is 89.8 Å². The second-order valence-electron chi connectivity index (χ2n) is 11.3. The maximum absolute atomic E-state index is 12.4. The van der Waals surface area contributed by atoms with Gasteiger partial charge in [0.05, 0.1) is 5.56 Å². The highest BCUT2D eigenvalue weighted by atomic mass is 31.3. The quantitative estimate of drug-likeness (QED) is 0.0789. The Bertz CT molecular complexity index is 2290.